The van der Waals surface area contributed by atoms with Crippen LogP contribution in [0.1, 0.15) is 66.7 Å². The summed E-state index contributed by atoms with van der Waals surface area (Å²) in [5, 5.41) is 1.26. The number of rotatable bonds is 5. The lowest BCUT2D eigenvalue weighted by molar-refractivity contribution is 0.571. The quantitative estimate of drug-likeness (QED) is 0.183. The Bertz CT molecular complexity index is 2580. The molecular formula is C48H37N3O. The standard InChI is InChI=1S/C48H37N3O/c1-48(2)40-26-25-38-37-21-9-10-22-42(37)52-44(38)43(40)39-24-23-35(29-41(39)48)33-18-11-17-32(27-33)34-19-12-20-36(28-34)47-50-45(30-13-5-3-6-14-30)49-46(51-47)31-15-7-4-8-16-31/h3-10,12-17,19-24,27-29H,11,18,25-26H2,1-2H3. The van der Waals surface area contributed by atoms with E-state index in [1.54, 1.807) is 0 Å². The van der Waals surface area contributed by atoms with Gasteiger partial charge in [0.05, 0.1) is 0 Å². The molecule has 2 heterocycles. The van der Waals surface area contributed by atoms with Crippen molar-refractivity contribution < 1.29 is 4.42 Å². The number of aromatic nitrogens is 3. The van der Waals surface area contributed by atoms with Gasteiger partial charge in [0, 0.05) is 38.6 Å². The summed E-state index contributed by atoms with van der Waals surface area (Å²) in [6, 6.07) is 44.5. The number of fused-ring (bicyclic) bond motifs is 6. The van der Waals surface area contributed by atoms with Gasteiger partial charge < -0.3 is 4.42 Å². The first-order chi connectivity index (χ1) is 25.5. The molecule has 3 aliphatic carbocycles. The highest BCUT2D eigenvalue weighted by Crippen LogP contribution is 2.55. The van der Waals surface area contributed by atoms with Gasteiger partial charge in [-0.3, -0.25) is 0 Å². The molecule has 3 aliphatic rings. The van der Waals surface area contributed by atoms with E-state index in [-0.39, 0.29) is 5.41 Å². The maximum atomic E-state index is 6.57. The highest BCUT2D eigenvalue weighted by molar-refractivity contribution is 5.97. The van der Waals surface area contributed by atoms with Crippen molar-refractivity contribution in [2.75, 3.05) is 0 Å². The topological polar surface area (TPSA) is 51.8 Å². The SMILES string of the molecule is CC1(C)C2=C(c3ccc(C4=CC(c5cccc(-c6nc(-c7ccccc7)nc(-c7ccccc7)n6)c5)=CCC4)cc31)c1oc3ccccc3c1CC2. The zero-order valence-corrected chi connectivity index (χ0v) is 29.4. The van der Waals surface area contributed by atoms with Crippen LogP contribution in [-0.2, 0) is 11.8 Å². The van der Waals surface area contributed by atoms with Crippen molar-refractivity contribution in [3.63, 3.8) is 0 Å². The van der Waals surface area contributed by atoms with Crippen molar-refractivity contribution in [3.8, 4) is 34.2 Å². The molecule has 5 aromatic carbocycles. The summed E-state index contributed by atoms with van der Waals surface area (Å²) in [6.07, 6.45) is 8.84. The van der Waals surface area contributed by atoms with Crippen molar-refractivity contribution >= 4 is 27.7 Å². The van der Waals surface area contributed by atoms with Crippen LogP contribution in [-0.4, -0.2) is 15.0 Å². The predicted octanol–water partition coefficient (Wildman–Crippen LogP) is 11.9. The molecule has 4 nitrogen and oxygen atoms in total. The second-order valence-electron chi connectivity index (χ2n) is 14.6. The minimum atomic E-state index is -0.0543. The van der Waals surface area contributed by atoms with Gasteiger partial charge in [-0.15, -0.1) is 0 Å². The summed E-state index contributed by atoms with van der Waals surface area (Å²) in [4.78, 5) is 14.9. The van der Waals surface area contributed by atoms with E-state index >= 15 is 0 Å². The third-order valence-electron chi connectivity index (χ3n) is 11.2. The first kappa shape index (κ1) is 30.7. The lowest BCUT2D eigenvalue weighted by atomic mass is 9.76. The number of nitrogens with zero attached hydrogens (tertiary/aromatic N) is 3. The highest BCUT2D eigenvalue weighted by Gasteiger charge is 2.42. The van der Waals surface area contributed by atoms with E-state index < -0.39 is 0 Å². The summed E-state index contributed by atoms with van der Waals surface area (Å²) in [5.41, 5.74) is 15.8. The van der Waals surface area contributed by atoms with E-state index in [1.165, 1.54) is 49.9 Å². The summed E-state index contributed by atoms with van der Waals surface area (Å²) in [6.45, 7) is 4.79. The molecule has 0 atom stereocenters. The molecule has 0 amide bonds. The summed E-state index contributed by atoms with van der Waals surface area (Å²) >= 11 is 0. The fourth-order valence-corrected chi connectivity index (χ4v) is 8.52. The summed E-state index contributed by atoms with van der Waals surface area (Å²) in [7, 11) is 0. The molecule has 0 fully saturated rings. The van der Waals surface area contributed by atoms with E-state index in [0.29, 0.717) is 17.5 Å². The molecule has 0 N–H and O–H groups in total. The van der Waals surface area contributed by atoms with Crippen LogP contribution in [0.4, 0.5) is 0 Å². The van der Waals surface area contributed by atoms with Gasteiger partial charge in [-0.05, 0) is 82.9 Å². The number of furan rings is 1. The third kappa shape index (κ3) is 5.01. The van der Waals surface area contributed by atoms with Crippen LogP contribution in [0.2, 0.25) is 0 Å². The Kier molecular flexibility index (Phi) is 7.07. The lowest BCUT2D eigenvalue weighted by Gasteiger charge is -2.27. The van der Waals surface area contributed by atoms with Gasteiger partial charge in [0.2, 0.25) is 0 Å². The molecule has 52 heavy (non-hydrogen) atoms. The molecule has 0 unspecified atom stereocenters. The molecular weight excluding hydrogens is 635 g/mol. The Labute approximate surface area is 304 Å². The van der Waals surface area contributed by atoms with E-state index in [0.717, 1.165) is 59.3 Å². The fraction of sp³-hybridized carbons (Fsp3) is 0.146. The van der Waals surface area contributed by atoms with Crippen LogP contribution < -0.4 is 0 Å². The van der Waals surface area contributed by atoms with E-state index in [1.807, 2.05) is 60.7 Å². The molecule has 0 saturated heterocycles. The molecule has 10 rings (SSSR count). The number of hydrogen-bond donors (Lipinski definition) is 0. The molecule has 4 heteroatoms. The maximum Gasteiger partial charge on any atom is 0.164 e. The second kappa shape index (κ2) is 12.0. The van der Waals surface area contributed by atoms with Gasteiger partial charge in [-0.1, -0.05) is 135 Å². The first-order valence-electron chi connectivity index (χ1n) is 18.3. The monoisotopic (exact) mass is 671 g/mol. The second-order valence-corrected chi connectivity index (χ2v) is 14.6. The smallest absolute Gasteiger partial charge is 0.164 e. The van der Waals surface area contributed by atoms with E-state index in [2.05, 4.69) is 92.7 Å². The van der Waals surface area contributed by atoms with Crippen molar-refractivity contribution in [2.45, 2.75) is 44.9 Å². The first-order valence-corrected chi connectivity index (χ1v) is 18.3. The molecule has 0 aliphatic heterocycles. The van der Waals surface area contributed by atoms with Crippen LogP contribution in [0.3, 0.4) is 0 Å². The highest BCUT2D eigenvalue weighted by atomic mass is 16.3. The van der Waals surface area contributed by atoms with Gasteiger partial charge in [0.1, 0.15) is 11.3 Å². The van der Waals surface area contributed by atoms with Gasteiger partial charge in [0.15, 0.2) is 17.5 Å². The molecule has 0 spiro atoms. The Hall–Kier alpha value is -6.13. The average Bonchev–Trinajstić information content (AvgIpc) is 3.70. The number of allylic oxidation sites excluding steroid dienone is 5. The maximum absolute atomic E-state index is 6.57. The summed E-state index contributed by atoms with van der Waals surface area (Å²) < 4.78 is 6.57. The number of benzene rings is 5. The normalized spacial score (nSPS) is 15.9. The molecule has 250 valence electrons. The van der Waals surface area contributed by atoms with Crippen LogP contribution in [0, 0.1) is 0 Å². The van der Waals surface area contributed by atoms with Gasteiger partial charge >= 0.3 is 0 Å². The van der Waals surface area contributed by atoms with Crippen molar-refractivity contribution in [3.05, 3.63) is 179 Å². The number of hydrogen-bond acceptors (Lipinski definition) is 4. The zero-order chi connectivity index (χ0) is 34.8. The van der Waals surface area contributed by atoms with E-state index in [9.17, 15) is 0 Å². The Morgan fingerprint density at radius 1 is 0.577 bits per heavy atom. The lowest BCUT2D eigenvalue weighted by Crippen LogP contribution is -2.19. The Balaban J connectivity index is 1.00. The van der Waals surface area contributed by atoms with Crippen molar-refractivity contribution in [2.24, 2.45) is 0 Å². The Morgan fingerprint density at radius 2 is 1.23 bits per heavy atom. The van der Waals surface area contributed by atoms with E-state index in [4.69, 9.17) is 19.4 Å². The van der Waals surface area contributed by atoms with Gasteiger partial charge in [0.25, 0.3) is 0 Å². The summed E-state index contributed by atoms with van der Waals surface area (Å²) in [5.74, 6) is 3.08. The number of aryl methyl sites for hydroxylation is 1. The minimum Gasteiger partial charge on any atom is -0.456 e. The minimum absolute atomic E-state index is 0.0543. The third-order valence-corrected chi connectivity index (χ3v) is 11.2. The van der Waals surface area contributed by atoms with Crippen molar-refractivity contribution in [1.82, 2.24) is 15.0 Å². The fourth-order valence-electron chi connectivity index (χ4n) is 8.52. The number of para-hydroxylation sites is 1. The predicted molar refractivity (Wildman–Crippen MR) is 211 cm³/mol. The molecule has 0 radical (unpaired) electrons. The molecule has 2 aromatic heterocycles. The zero-order valence-electron chi connectivity index (χ0n) is 29.4. The average molecular weight is 672 g/mol. The molecule has 0 bridgehead atoms. The van der Waals surface area contributed by atoms with Crippen LogP contribution in [0.5, 0.6) is 0 Å². The van der Waals surface area contributed by atoms with Crippen LogP contribution in [0.15, 0.2) is 150 Å². The van der Waals surface area contributed by atoms with Crippen LogP contribution >= 0.6 is 0 Å². The van der Waals surface area contributed by atoms with Crippen LogP contribution in [0.25, 0.3) is 61.9 Å². The largest absolute Gasteiger partial charge is 0.456 e. The van der Waals surface area contributed by atoms with Gasteiger partial charge in [-0.2, -0.15) is 0 Å². The molecule has 7 aromatic rings. The Morgan fingerprint density at radius 3 is 1.98 bits per heavy atom. The van der Waals surface area contributed by atoms with Crippen molar-refractivity contribution in [1.29, 1.82) is 0 Å². The molecule has 0 saturated carbocycles. The van der Waals surface area contributed by atoms with Gasteiger partial charge in [-0.25, -0.2) is 15.0 Å².